The van der Waals surface area contributed by atoms with E-state index >= 15 is 0 Å². The van der Waals surface area contributed by atoms with E-state index < -0.39 is 0 Å². The molecule has 0 aliphatic heterocycles. The molecule has 0 saturated carbocycles. The fraction of sp³-hybridized carbons (Fsp3) is 0.133. The van der Waals surface area contributed by atoms with Gasteiger partial charge in [-0.1, -0.05) is 12.1 Å². The lowest BCUT2D eigenvalue weighted by Gasteiger charge is -2.04. The van der Waals surface area contributed by atoms with Gasteiger partial charge in [-0.25, -0.2) is 4.98 Å². The van der Waals surface area contributed by atoms with Crippen molar-refractivity contribution in [2.24, 2.45) is 0 Å². The van der Waals surface area contributed by atoms with Crippen LogP contribution in [0, 0.1) is 0 Å². The molecule has 1 aromatic carbocycles. The summed E-state index contributed by atoms with van der Waals surface area (Å²) in [5, 5.41) is 2.86. The molecule has 0 spiro atoms. The third kappa shape index (κ3) is 2.66. The predicted molar refractivity (Wildman–Crippen MR) is 76.4 cm³/mol. The normalized spacial score (nSPS) is 10.6. The van der Waals surface area contributed by atoms with E-state index in [9.17, 15) is 4.79 Å². The van der Waals surface area contributed by atoms with Crippen molar-refractivity contribution in [3.63, 3.8) is 0 Å². The van der Waals surface area contributed by atoms with E-state index in [1.165, 1.54) is 0 Å². The third-order valence-corrected chi connectivity index (χ3v) is 3.08. The Morgan fingerprint density at radius 3 is 3.00 bits per heavy atom. The van der Waals surface area contributed by atoms with Crippen LogP contribution >= 0.6 is 0 Å². The quantitative estimate of drug-likeness (QED) is 0.758. The SMILES string of the molecule is O=C(NCCc1ccc2nc[nH]c2c1)c1ccccn1. The minimum atomic E-state index is -0.145. The first-order valence-electron chi connectivity index (χ1n) is 6.44. The first-order chi connectivity index (χ1) is 9.83. The van der Waals surface area contributed by atoms with Crippen LogP contribution in [0.3, 0.4) is 0 Å². The van der Waals surface area contributed by atoms with Crippen molar-refractivity contribution in [1.82, 2.24) is 20.3 Å². The maximum Gasteiger partial charge on any atom is 0.269 e. The minimum Gasteiger partial charge on any atom is -0.350 e. The van der Waals surface area contributed by atoms with Crippen molar-refractivity contribution in [1.29, 1.82) is 0 Å². The minimum absolute atomic E-state index is 0.145. The van der Waals surface area contributed by atoms with E-state index in [2.05, 4.69) is 26.3 Å². The largest absolute Gasteiger partial charge is 0.350 e. The molecule has 3 aromatic rings. The molecule has 5 nitrogen and oxygen atoms in total. The standard InChI is InChI=1S/C15H14N4O/c20-15(13-3-1-2-7-16-13)17-8-6-11-4-5-12-14(9-11)19-10-18-12/h1-5,7,9-10H,6,8H2,(H,17,20)(H,18,19). The van der Waals surface area contributed by atoms with Crippen LogP contribution in [-0.2, 0) is 6.42 Å². The molecule has 2 aromatic heterocycles. The van der Waals surface area contributed by atoms with Gasteiger partial charge in [0.05, 0.1) is 17.4 Å². The fourth-order valence-corrected chi connectivity index (χ4v) is 2.05. The average molecular weight is 266 g/mol. The second-order valence-electron chi connectivity index (χ2n) is 4.47. The van der Waals surface area contributed by atoms with Crippen LogP contribution in [0.2, 0.25) is 0 Å². The zero-order chi connectivity index (χ0) is 13.8. The summed E-state index contributed by atoms with van der Waals surface area (Å²) in [5.74, 6) is -0.145. The maximum atomic E-state index is 11.8. The van der Waals surface area contributed by atoms with E-state index in [0.717, 1.165) is 23.0 Å². The molecule has 3 rings (SSSR count). The highest BCUT2D eigenvalue weighted by Crippen LogP contribution is 2.11. The molecule has 2 N–H and O–H groups in total. The number of aromatic amines is 1. The van der Waals surface area contributed by atoms with E-state index in [1.54, 1.807) is 30.7 Å². The number of carbonyl (C=O) groups excluding carboxylic acids is 1. The lowest BCUT2D eigenvalue weighted by Crippen LogP contribution is -2.26. The van der Waals surface area contributed by atoms with Crippen LogP contribution in [0.25, 0.3) is 11.0 Å². The molecule has 0 saturated heterocycles. The van der Waals surface area contributed by atoms with Gasteiger partial charge >= 0.3 is 0 Å². The van der Waals surface area contributed by atoms with Gasteiger partial charge in [0.15, 0.2) is 0 Å². The van der Waals surface area contributed by atoms with Crippen LogP contribution in [0.1, 0.15) is 16.1 Å². The van der Waals surface area contributed by atoms with Crippen LogP contribution < -0.4 is 5.32 Å². The highest BCUT2D eigenvalue weighted by molar-refractivity contribution is 5.92. The van der Waals surface area contributed by atoms with Gasteiger partial charge in [-0.3, -0.25) is 9.78 Å². The number of imidazole rings is 1. The molecule has 1 amide bonds. The van der Waals surface area contributed by atoms with Gasteiger partial charge in [0.1, 0.15) is 5.69 Å². The number of nitrogens with one attached hydrogen (secondary N) is 2. The Bertz CT molecular complexity index is 721. The summed E-state index contributed by atoms with van der Waals surface area (Å²) < 4.78 is 0. The summed E-state index contributed by atoms with van der Waals surface area (Å²) in [5.41, 5.74) is 3.56. The second-order valence-corrected chi connectivity index (χ2v) is 4.47. The summed E-state index contributed by atoms with van der Waals surface area (Å²) in [6.45, 7) is 0.578. The molecule has 2 heterocycles. The molecule has 0 atom stereocenters. The number of benzene rings is 1. The Morgan fingerprint density at radius 2 is 2.15 bits per heavy atom. The Kier molecular flexibility index (Phi) is 3.41. The highest BCUT2D eigenvalue weighted by Gasteiger charge is 2.05. The lowest BCUT2D eigenvalue weighted by molar-refractivity contribution is 0.0949. The molecule has 5 heteroatoms. The molecule has 0 bridgehead atoms. The molecule has 0 aliphatic rings. The van der Waals surface area contributed by atoms with Gasteiger partial charge in [0, 0.05) is 12.7 Å². The number of H-pyrrole nitrogens is 1. The number of amides is 1. The average Bonchev–Trinajstić information content (AvgIpc) is 2.95. The van der Waals surface area contributed by atoms with Crippen LogP contribution in [0.4, 0.5) is 0 Å². The molecule has 0 unspecified atom stereocenters. The molecule has 0 aliphatic carbocycles. The van der Waals surface area contributed by atoms with Crippen molar-refractivity contribution in [3.8, 4) is 0 Å². The van der Waals surface area contributed by atoms with Gasteiger partial charge in [0.25, 0.3) is 5.91 Å². The number of hydrogen-bond donors (Lipinski definition) is 2. The van der Waals surface area contributed by atoms with Crippen LogP contribution in [0.5, 0.6) is 0 Å². The van der Waals surface area contributed by atoms with Crippen LogP contribution in [0.15, 0.2) is 48.9 Å². The van der Waals surface area contributed by atoms with Crippen molar-refractivity contribution >= 4 is 16.9 Å². The predicted octanol–water partition coefficient (Wildman–Crippen LogP) is 1.93. The number of pyridine rings is 1. The third-order valence-electron chi connectivity index (χ3n) is 3.08. The zero-order valence-electron chi connectivity index (χ0n) is 10.8. The number of rotatable bonds is 4. The molecule has 0 radical (unpaired) electrons. The van der Waals surface area contributed by atoms with Gasteiger partial charge in [-0.15, -0.1) is 0 Å². The Labute approximate surface area is 116 Å². The van der Waals surface area contributed by atoms with E-state index in [-0.39, 0.29) is 5.91 Å². The first kappa shape index (κ1) is 12.3. The number of hydrogen-bond acceptors (Lipinski definition) is 3. The molecule has 100 valence electrons. The Hall–Kier alpha value is -2.69. The maximum absolute atomic E-state index is 11.8. The Morgan fingerprint density at radius 1 is 1.20 bits per heavy atom. The monoisotopic (exact) mass is 266 g/mol. The zero-order valence-corrected chi connectivity index (χ0v) is 10.8. The van der Waals surface area contributed by atoms with E-state index in [4.69, 9.17) is 0 Å². The van der Waals surface area contributed by atoms with E-state index in [0.29, 0.717) is 12.2 Å². The fourth-order valence-electron chi connectivity index (χ4n) is 2.05. The topological polar surface area (TPSA) is 70.7 Å². The summed E-state index contributed by atoms with van der Waals surface area (Å²) in [6, 6.07) is 11.3. The van der Waals surface area contributed by atoms with Crippen molar-refractivity contribution in [2.75, 3.05) is 6.54 Å². The number of nitrogens with zero attached hydrogens (tertiary/aromatic N) is 2. The summed E-state index contributed by atoms with van der Waals surface area (Å²) in [7, 11) is 0. The number of aromatic nitrogens is 3. The number of fused-ring (bicyclic) bond motifs is 1. The molecular weight excluding hydrogens is 252 g/mol. The Balaban J connectivity index is 1.58. The molecular formula is C15H14N4O. The van der Waals surface area contributed by atoms with Gasteiger partial charge < -0.3 is 10.3 Å². The van der Waals surface area contributed by atoms with Gasteiger partial charge in [0.2, 0.25) is 0 Å². The molecule has 20 heavy (non-hydrogen) atoms. The molecule has 0 fully saturated rings. The lowest BCUT2D eigenvalue weighted by atomic mass is 10.1. The summed E-state index contributed by atoms with van der Waals surface area (Å²) in [4.78, 5) is 23.1. The highest BCUT2D eigenvalue weighted by atomic mass is 16.1. The second kappa shape index (κ2) is 5.52. The van der Waals surface area contributed by atoms with Crippen molar-refractivity contribution in [2.45, 2.75) is 6.42 Å². The number of carbonyl (C=O) groups is 1. The van der Waals surface area contributed by atoms with Crippen molar-refractivity contribution < 1.29 is 4.79 Å². The first-order valence-corrected chi connectivity index (χ1v) is 6.44. The van der Waals surface area contributed by atoms with Crippen LogP contribution in [-0.4, -0.2) is 27.4 Å². The summed E-state index contributed by atoms with van der Waals surface area (Å²) in [6.07, 6.45) is 4.06. The van der Waals surface area contributed by atoms with E-state index in [1.807, 2.05) is 12.1 Å². The summed E-state index contributed by atoms with van der Waals surface area (Å²) >= 11 is 0. The van der Waals surface area contributed by atoms with Crippen molar-refractivity contribution in [3.05, 3.63) is 60.2 Å². The van der Waals surface area contributed by atoms with Gasteiger partial charge in [-0.05, 0) is 36.2 Å². The van der Waals surface area contributed by atoms with Gasteiger partial charge in [-0.2, -0.15) is 0 Å². The smallest absolute Gasteiger partial charge is 0.269 e.